The van der Waals surface area contributed by atoms with Gasteiger partial charge in [-0.05, 0) is 136 Å². The van der Waals surface area contributed by atoms with Crippen LogP contribution in [0, 0.1) is 59.7 Å². The van der Waals surface area contributed by atoms with E-state index in [-0.39, 0.29) is 0 Å². The van der Waals surface area contributed by atoms with E-state index in [0.29, 0.717) is 11.3 Å². The van der Waals surface area contributed by atoms with Crippen molar-refractivity contribution in [2.24, 2.45) is 52.8 Å². The Morgan fingerprint density at radius 1 is 1.06 bits per heavy atom. The molecule has 0 aliphatic heterocycles. The Balaban J connectivity index is 1.28. The van der Waals surface area contributed by atoms with Crippen molar-refractivity contribution in [3.05, 3.63) is 28.5 Å². The second kappa shape index (κ2) is 9.21. The van der Waals surface area contributed by atoms with E-state index < -0.39 is 0 Å². The van der Waals surface area contributed by atoms with E-state index in [2.05, 4.69) is 20.8 Å². The SMILES string of the molecule is COC[C@H]1CC[C@@H]2C3CC[C@@]4(C)C(CCC4[C@@H](C)Cc4nc(C)ccc4Cl)[C@@H]3CC[C@@H]2C1. The highest BCUT2D eigenvalue weighted by Crippen LogP contribution is 2.65. The number of halogens is 1. The van der Waals surface area contributed by atoms with Crippen molar-refractivity contribution >= 4 is 11.6 Å². The van der Waals surface area contributed by atoms with Crippen LogP contribution in [0.5, 0.6) is 0 Å². The Bertz CT molecular complexity index is 810. The van der Waals surface area contributed by atoms with E-state index in [1.165, 1.54) is 57.8 Å². The molecule has 1 aromatic heterocycles. The van der Waals surface area contributed by atoms with Crippen LogP contribution in [0.3, 0.4) is 0 Å². The number of methoxy groups -OCH3 is 1. The molecule has 4 aliphatic rings. The van der Waals surface area contributed by atoms with Crippen LogP contribution in [0.25, 0.3) is 0 Å². The maximum Gasteiger partial charge on any atom is 0.0621 e. The smallest absolute Gasteiger partial charge is 0.0621 e. The highest BCUT2D eigenvalue weighted by Gasteiger charge is 2.57. The summed E-state index contributed by atoms with van der Waals surface area (Å²) in [4.78, 5) is 4.80. The van der Waals surface area contributed by atoms with Gasteiger partial charge >= 0.3 is 0 Å². The minimum atomic E-state index is 0.525. The molecule has 1 heterocycles. The molecule has 3 heteroatoms. The molecule has 4 aliphatic carbocycles. The van der Waals surface area contributed by atoms with Crippen molar-refractivity contribution in [1.82, 2.24) is 4.98 Å². The summed E-state index contributed by atoms with van der Waals surface area (Å²) in [5.74, 6) is 7.26. The summed E-state index contributed by atoms with van der Waals surface area (Å²) in [6.45, 7) is 8.22. The zero-order valence-corrected chi connectivity index (χ0v) is 21.5. The molecule has 2 nitrogen and oxygen atoms in total. The molecule has 0 bridgehead atoms. The minimum Gasteiger partial charge on any atom is -0.384 e. The fraction of sp³-hybridized carbons (Fsp3) is 0.828. The molecule has 0 amide bonds. The van der Waals surface area contributed by atoms with Crippen LogP contribution in [0.15, 0.2) is 12.1 Å². The van der Waals surface area contributed by atoms with Gasteiger partial charge in [0.2, 0.25) is 0 Å². The molecule has 1 aromatic rings. The Kier molecular flexibility index (Phi) is 6.67. The van der Waals surface area contributed by atoms with Gasteiger partial charge in [-0.3, -0.25) is 4.98 Å². The molecule has 0 radical (unpaired) electrons. The van der Waals surface area contributed by atoms with Gasteiger partial charge in [0.1, 0.15) is 0 Å². The Morgan fingerprint density at radius 2 is 1.88 bits per heavy atom. The quantitative estimate of drug-likeness (QED) is 0.450. The molecule has 178 valence electrons. The van der Waals surface area contributed by atoms with Crippen LogP contribution in [-0.2, 0) is 11.2 Å². The highest BCUT2D eigenvalue weighted by molar-refractivity contribution is 6.31. The van der Waals surface area contributed by atoms with Crippen LogP contribution in [0.4, 0.5) is 0 Å². The molecule has 0 saturated heterocycles. The standard InChI is InChI=1S/C29H44ClNO/c1-18(15-28-27(30)12-5-19(2)31-28)25-10-11-26-24-9-7-21-16-20(17-32-4)6-8-22(21)23(24)13-14-29(25,26)3/h5,12,18,20-26H,6-11,13-17H2,1-4H3/t18-,20-,21+,22-,23?,24+,25?,26?,29+/m0/s1. The maximum atomic E-state index is 6.53. The minimum absolute atomic E-state index is 0.525. The lowest BCUT2D eigenvalue weighted by Gasteiger charge is -2.57. The number of pyridine rings is 1. The zero-order chi connectivity index (χ0) is 22.5. The summed E-state index contributed by atoms with van der Waals surface area (Å²) in [6.07, 6.45) is 14.2. The van der Waals surface area contributed by atoms with E-state index >= 15 is 0 Å². The Morgan fingerprint density at radius 3 is 2.69 bits per heavy atom. The number of aryl methyl sites for hydroxylation is 1. The normalized spacial score (nSPS) is 42.1. The summed E-state index contributed by atoms with van der Waals surface area (Å²) in [5.41, 5.74) is 2.73. The number of ether oxygens (including phenoxy) is 1. The summed E-state index contributed by atoms with van der Waals surface area (Å²) in [6, 6.07) is 4.07. The number of rotatable bonds is 5. The van der Waals surface area contributed by atoms with E-state index in [4.69, 9.17) is 21.3 Å². The largest absolute Gasteiger partial charge is 0.384 e. The van der Waals surface area contributed by atoms with Gasteiger partial charge in [0.05, 0.1) is 10.7 Å². The van der Waals surface area contributed by atoms with Gasteiger partial charge in [0.15, 0.2) is 0 Å². The van der Waals surface area contributed by atoms with Gasteiger partial charge in [0.25, 0.3) is 0 Å². The molecule has 4 fully saturated rings. The molecule has 32 heavy (non-hydrogen) atoms. The van der Waals surface area contributed by atoms with Gasteiger partial charge in [-0.1, -0.05) is 25.4 Å². The molecule has 5 rings (SSSR count). The third kappa shape index (κ3) is 4.06. The van der Waals surface area contributed by atoms with Gasteiger partial charge in [-0.2, -0.15) is 0 Å². The Hall–Kier alpha value is -0.600. The first-order chi connectivity index (χ1) is 15.4. The van der Waals surface area contributed by atoms with Crippen molar-refractivity contribution < 1.29 is 4.74 Å². The van der Waals surface area contributed by atoms with E-state index in [0.717, 1.165) is 70.9 Å². The molecular formula is C29H44ClNO. The first kappa shape index (κ1) is 23.2. The van der Waals surface area contributed by atoms with E-state index in [9.17, 15) is 0 Å². The second-order valence-corrected chi connectivity index (χ2v) is 12.8. The predicted octanol–water partition coefficient (Wildman–Crippen LogP) is 7.75. The van der Waals surface area contributed by atoms with E-state index in [1.54, 1.807) is 0 Å². The average Bonchev–Trinajstić information content (AvgIpc) is 3.13. The molecular weight excluding hydrogens is 414 g/mol. The third-order valence-electron chi connectivity index (χ3n) is 10.8. The van der Waals surface area contributed by atoms with Crippen LogP contribution in [-0.4, -0.2) is 18.7 Å². The number of hydrogen-bond acceptors (Lipinski definition) is 2. The molecule has 0 N–H and O–H groups in total. The number of nitrogens with zero attached hydrogens (tertiary/aromatic N) is 1. The third-order valence-corrected chi connectivity index (χ3v) is 11.1. The number of aromatic nitrogens is 1. The van der Waals surface area contributed by atoms with Gasteiger partial charge in [0, 0.05) is 19.4 Å². The first-order valence-electron chi connectivity index (χ1n) is 13.5. The molecule has 0 spiro atoms. The molecule has 3 unspecified atom stereocenters. The topological polar surface area (TPSA) is 22.1 Å². The summed E-state index contributed by atoms with van der Waals surface area (Å²) in [5, 5.41) is 0.855. The lowest BCUT2D eigenvalue weighted by Crippen LogP contribution is -2.49. The predicted molar refractivity (Wildman–Crippen MR) is 133 cm³/mol. The van der Waals surface area contributed by atoms with Crippen molar-refractivity contribution in [3.63, 3.8) is 0 Å². The van der Waals surface area contributed by atoms with Gasteiger partial charge < -0.3 is 4.74 Å². The summed E-state index contributed by atoms with van der Waals surface area (Å²) < 4.78 is 5.52. The zero-order valence-electron chi connectivity index (χ0n) is 20.8. The Labute approximate surface area is 201 Å². The van der Waals surface area contributed by atoms with E-state index in [1.807, 2.05) is 19.2 Å². The van der Waals surface area contributed by atoms with Gasteiger partial charge in [-0.25, -0.2) is 0 Å². The molecule has 0 aromatic carbocycles. The second-order valence-electron chi connectivity index (χ2n) is 12.4. The van der Waals surface area contributed by atoms with Crippen molar-refractivity contribution in [3.8, 4) is 0 Å². The fourth-order valence-electron chi connectivity index (χ4n) is 9.50. The maximum absolute atomic E-state index is 6.53. The summed E-state index contributed by atoms with van der Waals surface area (Å²) in [7, 11) is 1.88. The van der Waals surface area contributed by atoms with Crippen molar-refractivity contribution in [2.75, 3.05) is 13.7 Å². The van der Waals surface area contributed by atoms with Crippen LogP contribution in [0.2, 0.25) is 5.02 Å². The summed E-state index contributed by atoms with van der Waals surface area (Å²) >= 11 is 6.53. The fourth-order valence-corrected chi connectivity index (χ4v) is 9.68. The first-order valence-corrected chi connectivity index (χ1v) is 13.9. The van der Waals surface area contributed by atoms with Crippen LogP contribution in [0.1, 0.15) is 83.0 Å². The lowest BCUT2D eigenvalue weighted by atomic mass is 9.48. The van der Waals surface area contributed by atoms with Crippen LogP contribution >= 0.6 is 11.6 Å². The van der Waals surface area contributed by atoms with Gasteiger partial charge in [-0.15, -0.1) is 0 Å². The van der Waals surface area contributed by atoms with Crippen molar-refractivity contribution in [1.29, 1.82) is 0 Å². The lowest BCUT2D eigenvalue weighted by molar-refractivity contribution is -0.0769. The number of hydrogen-bond donors (Lipinski definition) is 0. The number of fused-ring (bicyclic) bond motifs is 5. The molecule has 4 saturated carbocycles. The average molecular weight is 458 g/mol. The van der Waals surface area contributed by atoms with Crippen LogP contribution < -0.4 is 0 Å². The highest BCUT2D eigenvalue weighted by atomic mass is 35.5. The monoisotopic (exact) mass is 457 g/mol. The molecule has 9 atom stereocenters. The van der Waals surface area contributed by atoms with Crippen molar-refractivity contribution in [2.45, 2.75) is 85.0 Å².